The highest BCUT2D eigenvalue weighted by molar-refractivity contribution is 5.94. The van der Waals surface area contributed by atoms with Crippen molar-refractivity contribution in [1.82, 2.24) is 19.6 Å². The van der Waals surface area contributed by atoms with Gasteiger partial charge in [-0.05, 0) is 73.5 Å². The van der Waals surface area contributed by atoms with Gasteiger partial charge in [0.05, 0.1) is 5.69 Å². The number of amides is 3. The minimum Gasteiger partial charge on any atom is -0.446 e. The molecule has 9 heteroatoms. The molecule has 1 aliphatic rings. The highest BCUT2D eigenvalue weighted by Gasteiger charge is 2.23. The third-order valence-electron chi connectivity index (χ3n) is 10.4. The summed E-state index contributed by atoms with van der Waals surface area (Å²) in [6.45, 7) is 8.57. The zero-order valence-electron chi connectivity index (χ0n) is 33.0. The molecule has 0 atom stereocenters. The smallest absolute Gasteiger partial charge is 0.411 e. The highest BCUT2D eigenvalue weighted by Crippen LogP contribution is 2.28. The molecular weight excluding hydrogens is 687 g/mol. The quantitative estimate of drug-likeness (QED) is 0.0969. The zero-order valence-corrected chi connectivity index (χ0v) is 33.0. The molecule has 292 valence electrons. The van der Waals surface area contributed by atoms with Crippen molar-refractivity contribution in [3.63, 3.8) is 0 Å². The molecule has 3 amide bonds. The second-order valence-corrected chi connectivity index (χ2v) is 14.7. The predicted octanol–water partition coefficient (Wildman–Crippen LogP) is 8.57. The minimum absolute atomic E-state index is 0.0603. The normalized spacial score (nSPS) is 13.4. The van der Waals surface area contributed by atoms with Gasteiger partial charge in [0.25, 0.3) is 5.91 Å². The lowest BCUT2D eigenvalue weighted by Gasteiger charge is -2.32. The molecule has 0 bridgehead atoms. The molecule has 5 rings (SSSR count). The molecule has 1 aliphatic heterocycles. The number of rotatable bonds is 19. The van der Waals surface area contributed by atoms with Crippen LogP contribution in [0.25, 0.3) is 11.1 Å². The van der Waals surface area contributed by atoms with Gasteiger partial charge in [-0.2, -0.15) is 0 Å². The number of nitrogens with one attached hydrogen (secondary N) is 1. The van der Waals surface area contributed by atoms with Crippen molar-refractivity contribution in [3.05, 3.63) is 126 Å². The topological polar surface area (TPSA) is 85.4 Å². The van der Waals surface area contributed by atoms with Crippen LogP contribution in [0.3, 0.4) is 0 Å². The number of carbonyl (C=O) groups is 3. The number of carbonyl (C=O) groups excluding carboxylic acids is 3. The Hall–Kier alpha value is -4.99. The molecule has 0 saturated carbocycles. The second kappa shape index (κ2) is 21.8. The van der Waals surface area contributed by atoms with Crippen LogP contribution in [-0.2, 0) is 22.6 Å². The first-order valence-electron chi connectivity index (χ1n) is 20.0. The van der Waals surface area contributed by atoms with Crippen LogP contribution in [-0.4, -0.2) is 97.0 Å². The van der Waals surface area contributed by atoms with Gasteiger partial charge in [-0.15, -0.1) is 0 Å². The number of ether oxygens (including phenoxy) is 1. The fraction of sp³-hybridized carbons (Fsp3) is 0.413. The number of para-hydroxylation sites is 1. The summed E-state index contributed by atoms with van der Waals surface area (Å²) in [7, 11) is 3.76. The zero-order chi connectivity index (χ0) is 38.8. The number of piperidine rings is 1. The number of benzene rings is 4. The van der Waals surface area contributed by atoms with Crippen LogP contribution in [0, 0.1) is 0 Å². The van der Waals surface area contributed by atoms with Gasteiger partial charge in [0.15, 0.2) is 0 Å². The number of likely N-dealkylation sites (N-methyl/N-ethyl adjacent to an activating group) is 1. The molecule has 0 aliphatic carbocycles. The van der Waals surface area contributed by atoms with E-state index in [1.165, 1.54) is 11.1 Å². The third kappa shape index (κ3) is 13.4. The molecule has 0 unspecified atom stereocenters. The summed E-state index contributed by atoms with van der Waals surface area (Å²) >= 11 is 0. The highest BCUT2D eigenvalue weighted by atomic mass is 16.6. The Morgan fingerprint density at radius 3 is 2.04 bits per heavy atom. The van der Waals surface area contributed by atoms with E-state index < -0.39 is 6.09 Å². The number of hydrogen-bond donors (Lipinski definition) is 1. The van der Waals surface area contributed by atoms with Crippen molar-refractivity contribution in [2.45, 2.75) is 71.1 Å². The summed E-state index contributed by atoms with van der Waals surface area (Å²) in [6, 6.07) is 36.3. The van der Waals surface area contributed by atoms with Gasteiger partial charge in [-0.1, -0.05) is 104 Å². The summed E-state index contributed by atoms with van der Waals surface area (Å²) in [5, 5.41) is 2.95. The first-order valence-corrected chi connectivity index (χ1v) is 20.0. The molecule has 1 heterocycles. The number of unbranched alkanes of at least 4 members (excludes halogenated alkanes) is 2. The van der Waals surface area contributed by atoms with Crippen molar-refractivity contribution in [2.75, 3.05) is 58.7 Å². The number of likely N-dealkylation sites (tertiary alicyclic amines) is 1. The maximum Gasteiger partial charge on any atom is 0.411 e. The first kappa shape index (κ1) is 41.2. The number of anilines is 1. The molecule has 0 spiro atoms. The standard InChI is InChI=1S/C46H59N5O4/c1-4-29-49(3)45(53)40-25-23-38(24-26-40)36-51(35-37-16-8-5-9-17-37)30-15-7-12-22-44(52)48(2)33-34-50-31-27-41(28-32-50)55-46(54)47-43-21-14-13-20-42(43)39-18-10-6-11-19-39/h5-6,8-11,13-14,16-21,23-26,41H,4,7,12,15,22,27-36H2,1-3H3,(H,47,54). The molecular formula is C46H59N5O4. The summed E-state index contributed by atoms with van der Waals surface area (Å²) in [6.07, 6.45) is 5.34. The Labute approximate surface area is 328 Å². The monoisotopic (exact) mass is 745 g/mol. The van der Waals surface area contributed by atoms with Crippen LogP contribution < -0.4 is 5.32 Å². The lowest BCUT2D eigenvalue weighted by Crippen LogP contribution is -2.42. The van der Waals surface area contributed by atoms with Crippen LogP contribution in [0.5, 0.6) is 0 Å². The van der Waals surface area contributed by atoms with Gasteiger partial charge >= 0.3 is 6.09 Å². The van der Waals surface area contributed by atoms with Crippen LogP contribution >= 0.6 is 0 Å². The molecule has 1 fully saturated rings. The third-order valence-corrected chi connectivity index (χ3v) is 10.4. The van der Waals surface area contributed by atoms with E-state index in [4.69, 9.17) is 4.74 Å². The van der Waals surface area contributed by atoms with E-state index in [-0.39, 0.29) is 17.9 Å². The van der Waals surface area contributed by atoms with Crippen molar-refractivity contribution < 1.29 is 19.1 Å². The van der Waals surface area contributed by atoms with Gasteiger partial charge in [0.2, 0.25) is 5.91 Å². The van der Waals surface area contributed by atoms with Gasteiger partial charge in [-0.3, -0.25) is 19.8 Å². The number of hydrogen-bond acceptors (Lipinski definition) is 6. The van der Waals surface area contributed by atoms with Crippen LogP contribution in [0.1, 0.15) is 73.4 Å². The van der Waals surface area contributed by atoms with Crippen LogP contribution in [0.4, 0.5) is 10.5 Å². The molecule has 55 heavy (non-hydrogen) atoms. The molecule has 4 aromatic carbocycles. The van der Waals surface area contributed by atoms with Gasteiger partial charge < -0.3 is 19.4 Å². The van der Waals surface area contributed by atoms with Gasteiger partial charge in [-0.25, -0.2) is 4.79 Å². The summed E-state index contributed by atoms with van der Waals surface area (Å²) < 4.78 is 5.81. The van der Waals surface area contributed by atoms with Crippen molar-refractivity contribution in [3.8, 4) is 11.1 Å². The average Bonchev–Trinajstić information content (AvgIpc) is 3.21. The van der Waals surface area contributed by atoms with E-state index in [2.05, 4.69) is 58.4 Å². The second-order valence-electron chi connectivity index (χ2n) is 14.7. The Bertz CT molecular complexity index is 1760. The van der Waals surface area contributed by atoms with E-state index >= 15 is 0 Å². The van der Waals surface area contributed by atoms with E-state index in [9.17, 15) is 14.4 Å². The Balaban J connectivity index is 0.980. The fourth-order valence-corrected chi connectivity index (χ4v) is 7.12. The molecule has 4 aromatic rings. The van der Waals surface area contributed by atoms with E-state index in [0.29, 0.717) is 13.0 Å². The fourth-order valence-electron chi connectivity index (χ4n) is 7.12. The van der Waals surface area contributed by atoms with E-state index in [1.54, 1.807) is 4.90 Å². The van der Waals surface area contributed by atoms with Crippen molar-refractivity contribution in [2.24, 2.45) is 0 Å². The summed E-state index contributed by atoms with van der Waals surface area (Å²) in [5.41, 5.74) is 5.91. The predicted molar refractivity (Wildman–Crippen MR) is 222 cm³/mol. The van der Waals surface area contributed by atoms with E-state index in [0.717, 1.165) is 107 Å². The summed E-state index contributed by atoms with van der Waals surface area (Å²) in [4.78, 5) is 46.9. The Morgan fingerprint density at radius 2 is 1.35 bits per heavy atom. The average molecular weight is 746 g/mol. The lowest BCUT2D eigenvalue weighted by molar-refractivity contribution is -0.130. The van der Waals surface area contributed by atoms with Crippen molar-refractivity contribution in [1.29, 1.82) is 0 Å². The Kier molecular flexibility index (Phi) is 16.3. The maximum atomic E-state index is 13.0. The minimum atomic E-state index is -0.425. The maximum absolute atomic E-state index is 13.0. The van der Waals surface area contributed by atoms with Gasteiger partial charge in [0.1, 0.15) is 6.10 Å². The molecule has 0 radical (unpaired) electrons. The van der Waals surface area contributed by atoms with Crippen LogP contribution in [0.2, 0.25) is 0 Å². The Morgan fingerprint density at radius 1 is 0.709 bits per heavy atom. The molecule has 1 saturated heterocycles. The SMILES string of the molecule is CCCN(C)C(=O)c1ccc(CN(CCCCCC(=O)N(C)CCN2CCC(OC(=O)Nc3ccccc3-c3ccccc3)CC2)Cc2ccccc2)cc1. The van der Waals surface area contributed by atoms with Crippen molar-refractivity contribution >= 4 is 23.6 Å². The molecule has 1 N–H and O–H groups in total. The largest absolute Gasteiger partial charge is 0.446 e. The summed E-state index contributed by atoms with van der Waals surface area (Å²) in [5.74, 6) is 0.246. The lowest BCUT2D eigenvalue weighted by atomic mass is 10.0. The van der Waals surface area contributed by atoms with Crippen LogP contribution in [0.15, 0.2) is 109 Å². The van der Waals surface area contributed by atoms with E-state index in [1.807, 2.05) is 91.8 Å². The molecule has 0 aromatic heterocycles. The molecule has 9 nitrogen and oxygen atoms in total. The first-order chi connectivity index (χ1) is 26.8. The number of nitrogens with zero attached hydrogens (tertiary/aromatic N) is 4. The van der Waals surface area contributed by atoms with Gasteiger partial charge in [0, 0.05) is 77.5 Å².